The van der Waals surface area contributed by atoms with Crippen molar-refractivity contribution >= 4 is 0 Å². The molecular weight excluding hydrogens is 300 g/mol. The van der Waals surface area contributed by atoms with E-state index in [-0.39, 0.29) is 0 Å². The van der Waals surface area contributed by atoms with Crippen molar-refractivity contribution in [2.75, 3.05) is 0 Å². The number of fused-ring (bicyclic) bond motifs is 1. The summed E-state index contributed by atoms with van der Waals surface area (Å²) in [5.74, 6) is 5.96. The van der Waals surface area contributed by atoms with Gasteiger partial charge in [0.05, 0.1) is 0 Å². The molecule has 0 N–H and O–H groups in total. The van der Waals surface area contributed by atoms with Gasteiger partial charge in [-0.05, 0) is 99.2 Å². The number of allylic oxidation sites excluding steroid dienone is 2. The topological polar surface area (TPSA) is 0 Å². The smallest absolute Gasteiger partial charge is 0.0269 e. The van der Waals surface area contributed by atoms with Gasteiger partial charge in [0.1, 0.15) is 0 Å². The van der Waals surface area contributed by atoms with E-state index in [1.54, 1.807) is 5.57 Å². The van der Waals surface area contributed by atoms with E-state index in [0.29, 0.717) is 5.41 Å². The van der Waals surface area contributed by atoms with E-state index < -0.39 is 0 Å². The van der Waals surface area contributed by atoms with Crippen molar-refractivity contribution in [1.82, 2.24) is 0 Å². The summed E-state index contributed by atoms with van der Waals surface area (Å²) < 4.78 is 0. The molecule has 7 atom stereocenters. The van der Waals surface area contributed by atoms with Crippen LogP contribution in [0.5, 0.6) is 0 Å². The molecule has 0 aromatic rings. The third kappa shape index (κ3) is 3.89. The molecule has 0 radical (unpaired) electrons. The van der Waals surface area contributed by atoms with Crippen LogP contribution in [0.25, 0.3) is 0 Å². The normalized spacial score (nSPS) is 44.7. The van der Waals surface area contributed by atoms with Crippen molar-refractivity contribution < 1.29 is 0 Å². The molecule has 3 aliphatic rings. The maximum Gasteiger partial charge on any atom is -0.0269 e. The van der Waals surface area contributed by atoms with Gasteiger partial charge in [-0.15, -0.1) is 0 Å². The van der Waals surface area contributed by atoms with Crippen LogP contribution in [-0.2, 0) is 0 Å². The van der Waals surface area contributed by atoms with E-state index in [4.69, 9.17) is 0 Å². The van der Waals surface area contributed by atoms with E-state index in [9.17, 15) is 0 Å². The van der Waals surface area contributed by atoms with E-state index >= 15 is 0 Å². The molecule has 3 rings (SSSR count). The first-order valence-electron chi connectivity index (χ1n) is 11.6. The van der Waals surface area contributed by atoms with Crippen LogP contribution >= 0.6 is 0 Å². The highest BCUT2D eigenvalue weighted by molar-refractivity contribution is 5.07. The highest BCUT2D eigenvalue weighted by atomic mass is 14.5. The molecule has 25 heavy (non-hydrogen) atoms. The number of hydrogen-bond acceptors (Lipinski definition) is 0. The first-order valence-corrected chi connectivity index (χ1v) is 11.6. The van der Waals surface area contributed by atoms with E-state index in [2.05, 4.69) is 40.7 Å². The van der Waals surface area contributed by atoms with Gasteiger partial charge in [-0.1, -0.05) is 58.6 Å². The minimum Gasteiger partial charge on any atom is -0.0884 e. The van der Waals surface area contributed by atoms with Crippen molar-refractivity contribution in [2.45, 2.75) is 105 Å². The highest BCUT2D eigenvalue weighted by Gasteiger charge is 2.46. The van der Waals surface area contributed by atoms with Crippen molar-refractivity contribution in [2.24, 2.45) is 40.9 Å². The summed E-state index contributed by atoms with van der Waals surface area (Å²) in [6.07, 6.45) is 18.7. The van der Waals surface area contributed by atoms with Gasteiger partial charge in [-0.3, -0.25) is 0 Å². The molecular formula is C25H44. The first-order chi connectivity index (χ1) is 12.0. The summed E-state index contributed by atoms with van der Waals surface area (Å²) in [7, 11) is 0. The molecule has 0 aromatic heterocycles. The second kappa shape index (κ2) is 8.18. The highest BCUT2D eigenvalue weighted by Crippen LogP contribution is 2.56. The molecule has 144 valence electrons. The Morgan fingerprint density at radius 3 is 2.68 bits per heavy atom. The number of rotatable bonds is 5. The van der Waals surface area contributed by atoms with E-state index in [1.165, 1.54) is 70.6 Å². The van der Waals surface area contributed by atoms with Gasteiger partial charge in [0.15, 0.2) is 0 Å². The average Bonchev–Trinajstić information content (AvgIpc) is 2.94. The Balaban J connectivity index is 1.63. The zero-order chi connectivity index (χ0) is 18.0. The van der Waals surface area contributed by atoms with Crippen molar-refractivity contribution in [3.63, 3.8) is 0 Å². The van der Waals surface area contributed by atoms with Gasteiger partial charge < -0.3 is 0 Å². The van der Waals surface area contributed by atoms with Crippen LogP contribution in [0.2, 0.25) is 0 Å². The van der Waals surface area contributed by atoms with Gasteiger partial charge in [0.2, 0.25) is 0 Å². The molecule has 0 heterocycles. The van der Waals surface area contributed by atoms with Gasteiger partial charge in [-0.25, -0.2) is 0 Å². The molecule has 0 saturated heterocycles. The molecule has 0 aliphatic heterocycles. The Bertz CT molecular complexity index is 461. The van der Waals surface area contributed by atoms with Gasteiger partial charge >= 0.3 is 0 Å². The van der Waals surface area contributed by atoms with Crippen LogP contribution in [-0.4, -0.2) is 0 Å². The number of hydrogen-bond donors (Lipinski definition) is 0. The lowest BCUT2D eigenvalue weighted by Crippen LogP contribution is -2.35. The Kier molecular flexibility index (Phi) is 6.38. The minimum absolute atomic E-state index is 0.617. The molecule has 3 saturated carbocycles. The molecule has 3 fully saturated rings. The predicted molar refractivity (Wildman–Crippen MR) is 111 cm³/mol. The Hall–Kier alpha value is -0.260. The summed E-state index contributed by atoms with van der Waals surface area (Å²) in [4.78, 5) is 0. The zero-order valence-corrected chi connectivity index (χ0v) is 17.8. The summed E-state index contributed by atoms with van der Waals surface area (Å²) in [5, 5.41) is 0. The molecule has 3 aliphatic carbocycles. The Labute approximate surface area is 158 Å². The maximum atomic E-state index is 2.67. The van der Waals surface area contributed by atoms with Crippen LogP contribution in [0, 0.1) is 40.9 Å². The van der Waals surface area contributed by atoms with Gasteiger partial charge in [-0.2, -0.15) is 0 Å². The standard InChI is InChI=1S/C25H44/c1-6-18(3)24-14-11-19(4)25(24,5)16-15-21-9-8-10-22-17-20(7-2)12-13-23(21)22/h7,18-19,21-24H,6,8-17H2,1-5H3/b20-7+/t18?,19-,21-,22?,23?,24?,25?/m1/s1. The molecule has 0 spiro atoms. The quantitative estimate of drug-likeness (QED) is 0.443. The van der Waals surface area contributed by atoms with Crippen molar-refractivity contribution in [3.8, 4) is 0 Å². The second-order valence-corrected chi connectivity index (χ2v) is 10.3. The third-order valence-corrected chi connectivity index (χ3v) is 9.36. The summed E-state index contributed by atoms with van der Waals surface area (Å²) in [6, 6.07) is 0. The molecule has 0 bridgehead atoms. The zero-order valence-electron chi connectivity index (χ0n) is 17.8. The Morgan fingerprint density at radius 1 is 1.16 bits per heavy atom. The molecule has 0 heteroatoms. The summed E-state index contributed by atoms with van der Waals surface area (Å²) >= 11 is 0. The fourth-order valence-electron chi connectivity index (χ4n) is 7.19. The molecule has 5 unspecified atom stereocenters. The summed E-state index contributed by atoms with van der Waals surface area (Å²) in [5.41, 5.74) is 2.38. The fourth-order valence-corrected chi connectivity index (χ4v) is 7.19. The maximum absolute atomic E-state index is 2.67. The SMILES string of the molecule is C/C=C1\CCC2C(CCC[C@@H]2CCC2(C)C(C(C)CC)CC[C@H]2C)C1. The van der Waals surface area contributed by atoms with Crippen molar-refractivity contribution in [3.05, 3.63) is 11.6 Å². The lowest BCUT2D eigenvalue weighted by atomic mass is 9.60. The molecule has 0 amide bonds. The monoisotopic (exact) mass is 344 g/mol. The average molecular weight is 345 g/mol. The third-order valence-electron chi connectivity index (χ3n) is 9.36. The van der Waals surface area contributed by atoms with Gasteiger partial charge in [0, 0.05) is 0 Å². The molecule has 0 nitrogen and oxygen atoms in total. The minimum atomic E-state index is 0.617. The van der Waals surface area contributed by atoms with Crippen LogP contribution < -0.4 is 0 Å². The summed E-state index contributed by atoms with van der Waals surface area (Å²) in [6.45, 7) is 12.4. The van der Waals surface area contributed by atoms with Crippen LogP contribution in [0.1, 0.15) is 105 Å². The second-order valence-electron chi connectivity index (χ2n) is 10.3. The molecule has 0 aromatic carbocycles. The lowest BCUT2D eigenvalue weighted by Gasteiger charge is -2.45. The van der Waals surface area contributed by atoms with Crippen molar-refractivity contribution in [1.29, 1.82) is 0 Å². The van der Waals surface area contributed by atoms with E-state index in [0.717, 1.165) is 35.5 Å². The largest absolute Gasteiger partial charge is 0.0884 e. The fraction of sp³-hybridized carbons (Fsp3) is 0.920. The van der Waals surface area contributed by atoms with E-state index in [1.807, 2.05) is 0 Å². The predicted octanol–water partition coefficient (Wildman–Crippen LogP) is 8.03. The lowest BCUT2D eigenvalue weighted by molar-refractivity contribution is 0.0654. The van der Waals surface area contributed by atoms with Crippen LogP contribution in [0.15, 0.2) is 11.6 Å². The first kappa shape index (κ1) is 19.5. The van der Waals surface area contributed by atoms with Crippen LogP contribution in [0.3, 0.4) is 0 Å². The Morgan fingerprint density at radius 2 is 1.96 bits per heavy atom. The van der Waals surface area contributed by atoms with Crippen LogP contribution in [0.4, 0.5) is 0 Å². The van der Waals surface area contributed by atoms with Gasteiger partial charge in [0.25, 0.3) is 0 Å².